The van der Waals surface area contributed by atoms with Crippen molar-refractivity contribution in [2.24, 2.45) is 5.92 Å². The van der Waals surface area contributed by atoms with Crippen molar-refractivity contribution in [2.75, 3.05) is 13.2 Å². The summed E-state index contributed by atoms with van der Waals surface area (Å²) in [6.07, 6.45) is 2.64. The van der Waals surface area contributed by atoms with Gasteiger partial charge in [-0.1, -0.05) is 6.92 Å². The number of carbonyl (C=O) groups excluding carboxylic acids is 1. The third-order valence-corrected chi connectivity index (χ3v) is 2.82. The summed E-state index contributed by atoms with van der Waals surface area (Å²) < 4.78 is 5.35. The van der Waals surface area contributed by atoms with Crippen LogP contribution in [-0.4, -0.2) is 36.2 Å². The van der Waals surface area contributed by atoms with Gasteiger partial charge < -0.3 is 15.2 Å². The van der Waals surface area contributed by atoms with E-state index < -0.39 is 11.9 Å². The molecule has 5 nitrogen and oxygen atoms in total. The molecule has 0 saturated carbocycles. The van der Waals surface area contributed by atoms with Crippen molar-refractivity contribution >= 4 is 11.9 Å². The van der Waals surface area contributed by atoms with Gasteiger partial charge in [0.25, 0.3) is 0 Å². The zero-order valence-corrected chi connectivity index (χ0v) is 9.57. The fraction of sp³-hybridized carbons (Fsp3) is 0.818. The molecule has 5 heteroatoms. The second-order valence-electron chi connectivity index (χ2n) is 4.09. The van der Waals surface area contributed by atoms with E-state index in [1.807, 2.05) is 0 Å². The Hall–Kier alpha value is -1.10. The molecule has 0 radical (unpaired) electrons. The van der Waals surface area contributed by atoms with Crippen LogP contribution in [0.4, 0.5) is 0 Å². The van der Waals surface area contributed by atoms with Gasteiger partial charge in [-0.05, 0) is 19.3 Å². The van der Waals surface area contributed by atoms with Crippen LogP contribution in [-0.2, 0) is 14.3 Å². The van der Waals surface area contributed by atoms with Gasteiger partial charge in [0.15, 0.2) is 0 Å². The molecular weight excluding hydrogens is 210 g/mol. The van der Waals surface area contributed by atoms with E-state index in [1.165, 1.54) is 0 Å². The zero-order chi connectivity index (χ0) is 12.0. The number of aliphatic carboxylic acids is 1. The number of hydrogen-bond acceptors (Lipinski definition) is 3. The number of carboxylic acids is 1. The maximum absolute atomic E-state index is 11.4. The van der Waals surface area contributed by atoms with Gasteiger partial charge in [-0.25, -0.2) is 0 Å². The van der Waals surface area contributed by atoms with Crippen LogP contribution in [0.25, 0.3) is 0 Å². The number of hydrogen-bond donors (Lipinski definition) is 2. The zero-order valence-electron chi connectivity index (χ0n) is 9.57. The quantitative estimate of drug-likeness (QED) is 0.705. The molecular formula is C11H19NO4. The van der Waals surface area contributed by atoms with Crippen LogP contribution in [0.2, 0.25) is 0 Å². The molecule has 1 aliphatic rings. The summed E-state index contributed by atoms with van der Waals surface area (Å²) in [5.41, 5.74) is 0. The molecule has 2 N–H and O–H groups in total. The normalized spacial score (nSPS) is 21.7. The Morgan fingerprint density at radius 2 is 2.31 bits per heavy atom. The first-order valence-corrected chi connectivity index (χ1v) is 5.74. The van der Waals surface area contributed by atoms with Crippen molar-refractivity contribution in [3.05, 3.63) is 0 Å². The fourth-order valence-electron chi connectivity index (χ4n) is 1.74. The van der Waals surface area contributed by atoms with Crippen molar-refractivity contribution in [2.45, 2.75) is 38.7 Å². The Morgan fingerprint density at radius 3 is 2.81 bits per heavy atom. The number of carbonyl (C=O) groups is 2. The second kappa shape index (κ2) is 6.48. The van der Waals surface area contributed by atoms with Crippen LogP contribution >= 0.6 is 0 Å². The highest BCUT2D eigenvalue weighted by Crippen LogP contribution is 2.11. The molecule has 2 unspecified atom stereocenters. The predicted molar refractivity (Wildman–Crippen MR) is 58.0 cm³/mol. The molecule has 1 saturated heterocycles. The summed E-state index contributed by atoms with van der Waals surface area (Å²) >= 11 is 0. The lowest BCUT2D eigenvalue weighted by Gasteiger charge is -2.13. The Morgan fingerprint density at radius 1 is 1.56 bits per heavy atom. The maximum Gasteiger partial charge on any atom is 0.307 e. The molecule has 1 heterocycles. The summed E-state index contributed by atoms with van der Waals surface area (Å²) in [6.45, 7) is 3.02. The molecule has 1 rings (SSSR count). The highest BCUT2D eigenvalue weighted by atomic mass is 16.5. The smallest absolute Gasteiger partial charge is 0.307 e. The van der Waals surface area contributed by atoms with Crippen LogP contribution in [0.3, 0.4) is 0 Å². The van der Waals surface area contributed by atoms with Gasteiger partial charge in [-0.3, -0.25) is 9.59 Å². The first-order chi connectivity index (χ1) is 7.63. The van der Waals surface area contributed by atoms with Gasteiger partial charge >= 0.3 is 5.97 Å². The van der Waals surface area contributed by atoms with E-state index in [0.29, 0.717) is 13.0 Å². The molecule has 1 fully saturated rings. The minimum Gasteiger partial charge on any atom is -0.481 e. The molecule has 0 bridgehead atoms. The van der Waals surface area contributed by atoms with Crippen LogP contribution in [0.5, 0.6) is 0 Å². The van der Waals surface area contributed by atoms with Gasteiger partial charge in [0.05, 0.1) is 12.0 Å². The summed E-state index contributed by atoms with van der Waals surface area (Å²) in [4.78, 5) is 22.2. The highest BCUT2D eigenvalue weighted by Gasteiger charge is 2.20. The lowest BCUT2D eigenvalue weighted by molar-refractivity contribution is -0.144. The third-order valence-electron chi connectivity index (χ3n) is 2.82. The molecule has 1 aliphatic heterocycles. The summed E-state index contributed by atoms with van der Waals surface area (Å²) in [7, 11) is 0. The Kier molecular flexibility index (Phi) is 5.25. The van der Waals surface area contributed by atoms with E-state index in [0.717, 1.165) is 19.4 Å². The van der Waals surface area contributed by atoms with E-state index in [1.54, 1.807) is 6.92 Å². The number of amides is 1. The van der Waals surface area contributed by atoms with Gasteiger partial charge in [0.1, 0.15) is 0 Å². The lowest BCUT2D eigenvalue weighted by atomic mass is 10.0. The molecule has 0 aliphatic carbocycles. The van der Waals surface area contributed by atoms with Gasteiger partial charge in [0, 0.05) is 19.6 Å². The monoisotopic (exact) mass is 229 g/mol. The van der Waals surface area contributed by atoms with E-state index >= 15 is 0 Å². The Labute approximate surface area is 95.2 Å². The summed E-state index contributed by atoms with van der Waals surface area (Å²) in [6, 6.07) is 0. The first kappa shape index (κ1) is 13.0. The summed E-state index contributed by atoms with van der Waals surface area (Å²) in [5.74, 6) is -1.69. The van der Waals surface area contributed by atoms with Gasteiger partial charge in [0.2, 0.25) is 5.91 Å². The first-order valence-electron chi connectivity index (χ1n) is 5.74. The number of rotatable bonds is 6. The molecule has 16 heavy (non-hydrogen) atoms. The minimum atomic E-state index is -0.908. The molecule has 1 amide bonds. The van der Waals surface area contributed by atoms with E-state index in [2.05, 4.69) is 5.32 Å². The average Bonchev–Trinajstić information content (AvgIpc) is 2.75. The van der Waals surface area contributed by atoms with E-state index in [9.17, 15) is 9.59 Å². The largest absolute Gasteiger partial charge is 0.481 e. The van der Waals surface area contributed by atoms with Crippen LogP contribution in [0, 0.1) is 5.92 Å². The molecule has 0 spiro atoms. The van der Waals surface area contributed by atoms with E-state index in [-0.39, 0.29) is 18.4 Å². The Bertz CT molecular complexity index is 248. The predicted octanol–water partition coefficient (Wildman–Crippen LogP) is 0.782. The molecule has 0 aromatic heterocycles. The summed E-state index contributed by atoms with van der Waals surface area (Å²) in [5, 5.41) is 11.5. The SMILES string of the molecule is CCC(CC(=O)NCC1CCCO1)C(=O)O. The maximum atomic E-state index is 11.4. The van der Waals surface area contributed by atoms with Crippen molar-refractivity contribution in [1.29, 1.82) is 0 Å². The van der Waals surface area contributed by atoms with Crippen molar-refractivity contribution < 1.29 is 19.4 Å². The molecule has 0 aromatic carbocycles. The standard InChI is InChI=1S/C11H19NO4/c1-2-8(11(14)15)6-10(13)12-7-9-4-3-5-16-9/h8-9H,2-7H2,1H3,(H,12,13)(H,14,15). The Balaban J connectivity index is 2.21. The molecule has 0 aromatic rings. The minimum absolute atomic E-state index is 0.0541. The topological polar surface area (TPSA) is 75.6 Å². The number of nitrogens with one attached hydrogen (secondary N) is 1. The molecule has 2 atom stereocenters. The number of ether oxygens (including phenoxy) is 1. The van der Waals surface area contributed by atoms with Crippen molar-refractivity contribution in [1.82, 2.24) is 5.32 Å². The molecule has 92 valence electrons. The lowest BCUT2D eigenvalue weighted by Crippen LogP contribution is -2.33. The fourth-order valence-corrected chi connectivity index (χ4v) is 1.74. The van der Waals surface area contributed by atoms with Crippen molar-refractivity contribution in [3.63, 3.8) is 0 Å². The van der Waals surface area contributed by atoms with E-state index in [4.69, 9.17) is 9.84 Å². The van der Waals surface area contributed by atoms with Gasteiger partial charge in [-0.15, -0.1) is 0 Å². The van der Waals surface area contributed by atoms with Crippen LogP contribution in [0.1, 0.15) is 32.6 Å². The van der Waals surface area contributed by atoms with Gasteiger partial charge in [-0.2, -0.15) is 0 Å². The van der Waals surface area contributed by atoms with Crippen LogP contribution < -0.4 is 5.32 Å². The second-order valence-corrected chi connectivity index (χ2v) is 4.09. The number of carboxylic acid groups (broad SMARTS) is 1. The highest BCUT2D eigenvalue weighted by molar-refractivity contribution is 5.82. The van der Waals surface area contributed by atoms with Crippen molar-refractivity contribution in [3.8, 4) is 0 Å². The average molecular weight is 229 g/mol. The third kappa shape index (κ3) is 4.18. The van der Waals surface area contributed by atoms with Crippen LogP contribution in [0.15, 0.2) is 0 Å².